The minimum Gasteiger partial charge on any atom is -0.388 e. The first-order valence-corrected chi connectivity index (χ1v) is 5.12. The van der Waals surface area contributed by atoms with Gasteiger partial charge in [0.05, 0.1) is 0 Å². The topological polar surface area (TPSA) is 91.9 Å². The molecule has 0 fully saturated rings. The number of rotatable bonds is 5. The Labute approximate surface area is 99.0 Å². The molecule has 17 heavy (non-hydrogen) atoms. The van der Waals surface area contributed by atoms with Crippen molar-refractivity contribution in [3.8, 4) is 0 Å². The second-order valence-electron chi connectivity index (χ2n) is 3.73. The van der Waals surface area contributed by atoms with Crippen LogP contribution < -0.4 is 5.32 Å². The van der Waals surface area contributed by atoms with Crippen LogP contribution in [0.3, 0.4) is 0 Å². The first-order chi connectivity index (χ1) is 8.04. The summed E-state index contributed by atoms with van der Waals surface area (Å²) < 4.78 is 0. The minimum atomic E-state index is -0.552. The van der Waals surface area contributed by atoms with Crippen LogP contribution in [0.25, 0.3) is 5.57 Å². The molecule has 90 valence electrons. The van der Waals surface area contributed by atoms with Crippen molar-refractivity contribution >= 4 is 17.6 Å². The summed E-state index contributed by atoms with van der Waals surface area (Å²) in [4.78, 5) is 13.6. The van der Waals surface area contributed by atoms with Crippen molar-refractivity contribution in [1.29, 1.82) is 5.41 Å². The van der Waals surface area contributed by atoms with E-state index in [1.54, 1.807) is 12.3 Å². The van der Waals surface area contributed by atoms with Crippen molar-refractivity contribution < 1.29 is 4.92 Å². The first kappa shape index (κ1) is 12.8. The van der Waals surface area contributed by atoms with Crippen LogP contribution in [0.5, 0.6) is 0 Å². The van der Waals surface area contributed by atoms with Crippen LogP contribution in [-0.2, 0) is 0 Å². The van der Waals surface area contributed by atoms with Crippen LogP contribution in [0.4, 0.5) is 5.82 Å². The maximum absolute atomic E-state index is 10.4. The van der Waals surface area contributed by atoms with Crippen LogP contribution in [0.15, 0.2) is 24.5 Å². The normalized spacial score (nSPS) is 11.4. The minimum absolute atomic E-state index is 0.199. The number of hydrogen-bond acceptors (Lipinski definition) is 5. The number of nitro groups is 1. The lowest BCUT2D eigenvalue weighted by Gasteiger charge is -2.05. The van der Waals surface area contributed by atoms with Gasteiger partial charge in [-0.15, -0.1) is 0 Å². The maximum Gasteiger partial charge on any atom is 0.363 e. The smallest absolute Gasteiger partial charge is 0.363 e. The Morgan fingerprint density at radius 2 is 2.29 bits per heavy atom. The van der Waals surface area contributed by atoms with E-state index in [4.69, 9.17) is 5.41 Å². The molecule has 0 saturated heterocycles. The van der Waals surface area contributed by atoms with Crippen LogP contribution in [0.1, 0.15) is 19.4 Å². The summed E-state index contributed by atoms with van der Waals surface area (Å²) in [6.45, 7) is 3.96. The summed E-state index contributed by atoms with van der Waals surface area (Å²) in [6.07, 6.45) is 4.26. The third-order valence-corrected chi connectivity index (χ3v) is 2.00. The molecule has 6 heteroatoms. The standard InChI is InChI=1S/C11H14N4O2/c1-8(2)13-7-10(5-12)9-3-4-11(14-6-9)15(16)17/h3-8,12-13H,1-2H3/b10-7+,12-5?. The predicted octanol–water partition coefficient (Wildman–Crippen LogP) is 1.98. The molecule has 0 aliphatic heterocycles. The molecular weight excluding hydrogens is 220 g/mol. The van der Waals surface area contributed by atoms with Crippen molar-refractivity contribution in [3.63, 3.8) is 0 Å². The van der Waals surface area contributed by atoms with E-state index in [0.717, 1.165) is 0 Å². The number of nitrogens with one attached hydrogen (secondary N) is 2. The van der Waals surface area contributed by atoms with E-state index in [1.807, 2.05) is 13.8 Å². The van der Waals surface area contributed by atoms with Gasteiger partial charge in [-0.25, -0.2) is 0 Å². The van der Waals surface area contributed by atoms with Gasteiger partial charge < -0.3 is 20.8 Å². The molecule has 0 bridgehead atoms. The fraction of sp³-hybridized carbons (Fsp3) is 0.273. The summed E-state index contributed by atoms with van der Waals surface area (Å²) >= 11 is 0. The lowest BCUT2D eigenvalue weighted by atomic mass is 10.1. The Morgan fingerprint density at radius 3 is 2.71 bits per heavy atom. The summed E-state index contributed by atoms with van der Waals surface area (Å²) in [5.74, 6) is -0.199. The Morgan fingerprint density at radius 1 is 1.59 bits per heavy atom. The Bertz CT molecular complexity index is 437. The molecule has 0 aromatic carbocycles. The molecule has 0 radical (unpaired) electrons. The predicted molar refractivity (Wildman–Crippen MR) is 65.9 cm³/mol. The van der Waals surface area contributed by atoms with E-state index in [-0.39, 0.29) is 11.9 Å². The van der Waals surface area contributed by atoms with E-state index < -0.39 is 4.92 Å². The van der Waals surface area contributed by atoms with Crippen LogP contribution >= 0.6 is 0 Å². The summed E-state index contributed by atoms with van der Waals surface area (Å²) in [7, 11) is 0. The van der Waals surface area contributed by atoms with Gasteiger partial charge in [-0.3, -0.25) is 0 Å². The second-order valence-corrected chi connectivity index (χ2v) is 3.73. The zero-order chi connectivity index (χ0) is 12.8. The van der Waals surface area contributed by atoms with Gasteiger partial charge in [-0.1, -0.05) is 0 Å². The Hall–Kier alpha value is -2.24. The van der Waals surface area contributed by atoms with Crippen molar-refractivity contribution in [2.24, 2.45) is 0 Å². The summed E-state index contributed by atoms with van der Waals surface area (Å²) in [5, 5.41) is 20.8. The van der Waals surface area contributed by atoms with Crippen LogP contribution in [0.2, 0.25) is 0 Å². The quantitative estimate of drug-likeness (QED) is 0.463. The van der Waals surface area contributed by atoms with Gasteiger partial charge in [0.2, 0.25) is 0 Å². The van der Waals surface area contributed by atoms with E-state index >= 15 is 0 Å². The van der Waals surface area contributed by atoms with Gasteiger partial charge in [0.25, 0.3) is 0 Å². The Kier molecular flexibility index (Phi) is 4.33. The fourth-order valence-electron chi connectivity index (χ4n) is 1.13. The second kappa shape index (κ2) is 5.74. The van der Waals surface area contributed by atoms with E-state index in [0.29, 0.717) is 11.1 Å². The summed E-state index contributed by atoms with van der Waals surface area (Å²) in [6, 6.07) is 3.16. The van der Waals surface area contributed by atoms with Gasteiger partial charge in [0, 0.05) is 35.7 Å². The van der Waals surface area contributed by atoms with Crippen LogP contribution in [0, 0.1) is 15.5 Å². The molecule has 0 aliphatic carbocycles. The molecule has 0 spiro atoms. The number of nitrogens with zero attached hydrogens (tertiary/aromatic N) is 2. The van der Waals surface area contributed by atoms with Gasteiger partial charge >= 0.3 is 5.82 Å². The molecule has 1 heterocycles. The molecular formula is C11H14N4O2. The molecule has 1 rings (SSSR count). The molecule has 6 nitrogen and oxygen atoms in total. The van der Waals surface area contributed by atoms with Gasteiger partial charge in [-0.2, -0.15) is 0 Å². The molecule has 0 aliphatic rings. The average molecular weight is 234 g/mol. The van der Waals surface area contributed by atoms with Gasteiger partial charge in [0.15, 0.2) is 0 Å². The lowest BCUT2D eigenvalue weighted by molar-refractivity contribution is -0.389. The zero-order valence-electron chi connectivity index (χ0n) is 9.68. The molecule has 0 saturated carbocycles. The van der Waals surface area contributed by atoms with Crippen LogP contribution in [-0.4, -0.2) is 22.2 Å². The number of allylic oxidation sites excluding steroid dienone is 1. The van der Waals surface area contributed by atoms with Crippen molar-refractivity contribution in [2.45, 2.75) is 19.9 Å². The van der Waals surface area contributed by atoms with Crippen molar-refractivity contribution in [2.75, 3.05) is 0 Å². The molecule has 1 aromatic rings. The molecule has 2 N–H and O–H groups in total. The van der Waals surface area contributed by atoms with E-state index in [9.17, 15) is 10.1 Å². The highest BCUT2D eigenvalue weighted by Crippen LogP contribution is 2.13. The maximum atomic E-state index is 10.4. The SMILES string of the molecule is CC(C)N/C=C(\C=N)c1ccc([N+](=O)[O-])nc1. The van der Waals surface area contributed by atoms with Crippen molar-refractivity contribution in [3.05, 3.63) is 40.2 Å². The number of aromatic nitrogens is 1. The molecule has 0 amide bonds. The highest BCUT2D eigenvalue weighted by atomic mass is 16.6. The molecule has 0 atom stereocenters. The third kappa shape index (κ3) is 3.67. The van der Waals surface area contributed by atoms with Gasteiger partial charge in [0.1, 0.15) is 6.20 Å². The molecule has 0 unspecified atom stereocenters. The third-order valence-electron chi connectivity index (χ3n) is 2.00. The first-order valence-electron chi connectivity index (χ1n) is 5.12. The highest BCUT2D eigenvalue weighted by Gasteiger charge is 2.08. The number of pyridine rings is 1. The Balaban J connectivity index is 2.93. The lowest BCUT2D eigenvalue weighted by Crippen LogP contribution is -2.16. The largest absolute Gasteiger partial charge is 0.388 e. The van der Waals surface area contributed by atoms with E-state index in [1.165, 1.54) is 18.5 Å². The monoisotopic (exact) mass is 234 g/mol. The molecule has 1 aromatic heterocycles. The zero-order valence-corrected chi connectivity index (χ0v) is 9.68. The average Bonchev–Trinajstić information content (AvgIpc) is 2.30. The number of hydrogen-bond donors (Lipinski definition) is 2. The highest BCUT2D eigenvalue weighted by molar-refractivity contribution is 6.08. The van der Waals surface area contributed by atoms with Gasteiger partial charge in [-0.05, 0) is 29.8 Å². The van der Waals surface area contributed by atoms with Crippen molar-refractivity contribution in [1.82, 2.24) is 10.3 Å². The summed E-state index contributed by atoms with van der Waals surface area (Å²) in [5.41, 5.74) is 1.29. The fourth-order valence-corrected chi connectivity index (χ4v) is 1.13. The van der Waals surface area contributed by atoms with E-state index in [2.05, 4.69) is 10.3 Å².